The molecule has 0 saturated heterocycles. The average molecular weight is 344 g/mol. The average Bonchev–Trinajstić information content (AvgIpc) is 2.69. The number of hydrogen-bond acceptors (Lipinski definition) is 1. The zero-order valence-corrected chi connectivity index (χ0v) is 15.8. The number of ether oxygens (including phenoxy) is 1. The summed E-state index contributed by atoms with van der Waals surface area (Å²) in [5, 5.41) is 0. The van der Waals surface area contributed by atoms with Crippen molar-refractivity contribution in [1.29, 1.82) is 0 Å². The van der Waals surface area contributed by atoms with Gasteiger partial charge in [0.1, 0.15) is 12.4 Å². The van der Waals surface area contributed by atoms with Crippen LogP contribution in [0.5, 0.6) is 5.75 Å². The molecule has 26 heavy (non-hydrogen) atoms. The van der Waals surface area contributed by atoms with Crippen LogP contribution >= 0.6 is 0 Å². The Hall–Kier alpha value is -2.54. The first kappa shape index (κ1) is 18.3. The van der Waals surface area contributed by atoms with Gasteiger partial charge in [0, 0.05) is 0 Å². The van der Waals surface area contributed by atoms with Crippen molar-refractivity contribution in [2.45, 2.75) is 45.1 Å². The Labute approximate surface area is 157 Å². The molecule has 0 heterocycles. The van der Waals surface area contributed by atoms with E-state index in [1.165, 1.54) is 29.5 Å². The maximum absolute atomic E-state index is 5.86. The van der Waals surface area contributed by atoms with E-state index in [9.17, 15) is 0 Å². The van der Waals surface area contributed by atoms with Crippen molar-refractivity contribution in [2.24, 2.45) is 0 Å². The third-order valence-corrected chi connectivity index (χ3v) is 4.99. The monoisotopic (exact) mass is 344 g/mol. The summed E-state index contributed by atoms with van der Waals surface area (Å²) in [6.07, 6.45) is 3.48. The molecule has 0 aliphatic carbocycles. The molecule has 0 aliphatic heterocycles. The summed E-state index contributed by atoms with van der Waals surface area (Å²) in [6, 6.07) is 29.6. The maximum atomic E-state index is 5.86. The highest BCUT2D eigenvalue weighted by Gasteiger charge is 2.19. The van der Waals surface area contributed by atoms with Gasteiger partial charge in [0.05, 0.1) is 0 Å². The van der Waals surface area contributed by atoms with Crippen molar-refractivity contribution in [1.82, 2.24) is 0 Å². The number of hydrogen-bond donors (Lipinski definition) is 0. The fourth-order valence-corrected chi connectivity index (χ4v) is 3.26. The fraction of sp³-hybridized carbons (Fsp3) is 0.280. The Morgan fingerprint density at radius 1 is 0.692 bits per heavy atom. The van der Waals surface area contributed by atoms with Gasteiger partial charge in [0.15, 0.2) is 0 Å². The van der Waals surface area contributed by atoms with E-state index in [2.05, 4.69) is 80.6 Å². The van der Waals surface area contributed by atoms with E-state index in [0.29, 0.717) is 6.61 Å². The van der Waals surface area contributed by atoms with Gasteiger partial charge >= 0.3 is 0 Å². The Kier molecular flexibility index (Phi) is 6.12. The normalized spacial score (nSPS) is 11.3. The lowest BCUT2D eigenvalue weighted by atomic mass is 9.80. The van der Waals surface area contributed by atoms with Gasteiger partial charge < -0.3 is 4.74 Å². The van der Waals surface area contributed by atoms with E-state index < -0.39 is 0 Å². The van der Waals surface area contributed by atoms with Crippen molar-refractivity contribution in [2.75, 3.05) is 0 Å². The van der Waals surface area contributed by atoms with Crippen LogP contribution < -0.4 is 4.74 Å². The molecule has 1 nitrogen and oxygen atoms in total. The molecule has 0 unspecified atom stereocenters. The number of benzene rings is 3. The van der Waals surface area contributed by atoms with Crippen LogP contribution in [0.3, 0.4) is 0 Å². The van der Waals surface area contributed by atoms with Gasteiger partial charge in [0.25, 0.3) is 0 Å². The van der Waals surface area contributed by atoms with Gasteiger partial charge in [-0.25, -0.2) is 0 Å². The third kappa shape index (κ3) is 5.23. The van der Waals surface area contributed by atoms with E-state index in [1.54, 1.807) is 0 Å². The molecule has 0 N–H and O–H groups in total. The lowest BCUT2D eigenvalue weighted by Gasteiger charge is -2.25. The van der Waals surface area contributed by atoms with Gasteiger partial charge in [-0.05, 0) is 53.5 Å². The minimum Gasteiger partial charge on any atom is -0.489 e. The van der Waals surface area contributed by atoms with Gasteiger partial charge in [-0.1, -0.05) is 86.6 Å². The molecule has 0 spiro atoms. The van der Waals surface area contributed by atoms with E-state index in [-0.39, 0.29) is 5.41 Å². The van der Waals surface area contributed by atoms with Crippen LogP contribution in [0.4, 0.5) is 0 Å². The van der Waals surface area contributed by atoms with Crippen molar-refractivity contribution in [3.8, 4) is 5.75 Å². The van der Waals surface area contributed by atoms with Crippen molar-refractivity contribution < 1.29 is 4.74 Å². The minimum atomic E-state index is 0.222. The van der Waals surface area contributed by atoms with Crippen LogP contribution in [-0.2, 0) is 18.4 Å². The van der Waals surface area contributed by atoms with Crippen molar-refractivity contribution in [3.05, 3.63) is 102 Å². The van der Waals surface area contributed by atoms with Crippen LogP contribution in [0.15, 0.2) is 84.9 Å². The molecule has 0 radical (unpaired) electrons. The molecule has 0 fully saturated rings. The summed E-state index contributed by atoms with van der Waals surface area (Å²) in [4.78, 5) is 0. The molecule has 0 amide bonds. The summed E-state index contributed by atoms with van der Waals surface area (Å²) in [5.74, 6) is 0.933. The highest BCUT2D eigenvalue weighted by atomic mass is 16.5. The molecule has 134 valence electrons. The second-order valence-electron chi connectivity index (χ2n) is 7.52. The molecule has 0 atom stereocenters. The highest BCUT2D eigenvalue weighted by molar-refractivity contribution is 5.28. The molecule has 1 heteroatoms. The SMILES string of the molecule is CC(C)(CCCc1ccc(OCc2ccccc2)cc1)c1ccccc1. The predicted molar refractivity (Wildman–Crippen MR) is 110 cm³/mol. The number of rotatable bonds is 8. The number of aryl methyl sites for hydroxylation is 1. The first-order chi connectivity index (χ1) is 12.6. The molecule has 3 aromatic carbocycles. The van der Waals surface area contributed by atoms with Crippen LogP contribution in [0.2, 0.25) is 0 Å². The molecule has 0 saturated carbocycles. The first-order valence-electron chi connectivity index (χ1n) is 9.45. The third-order valence-electron chi connectivity index (χ3n) is 4.99. The zero-order chi connectivity index (χ0) is 18.2. The predicted octanol–water partition coefficient (Wildman–Crippen LogP) is 6.57. The molecule has 3 aromatic rings. The van der Waals surface area contributed by atoms with E-state index in [4.69, 9.17) is 4.74 Å². The van der Waals surface area contributed by atoms with Crippen LogP contribution in [-0.4, -0.2) is 0 Å². The second-order valence-corrected chi connectivity index (χ2v) is 7.52. The Balaban J connectivity index is 1.47. The molecular formula is C25H28O. The van der Waals surface area contributed by atoms with Gasteiger partial charge in [-0.3, -0.25) is 0 Å². The molecule has 0 aromatic heterocycles. The standard InChI is InChI=1S/C25H28O/c1-25(2,23-13-7-4-8-14-23)19-9-12-21-15-17-24(18-16-21)26-20-22-10-5-3-6-11-22/h3-8,10-11,13-18H,9,12,19-20H2,1-2H3. The van der Waals surface area contributed by atoms with Gasteiger partial charge in [-0.2, -0.15) is 0 Å². The lowest BCUT2D eigenvalue weighted by Crippen LogP contribution is -2.17. The molecule has 0 aliphatic rings. The van der Waals surface area contributed by atoms with Crippen LogP contribution in [0.1, 0.15) is 43.4 Å². The zero-order valence-electron chi connectivity index (χ0n) is 15.8. The van der Waals surface area contributed by atoms with Crippen LogP contribution in [0.25, 0.3) is 0 Å². The summed E-state index contributed by atoms with van der Waals surface area (Å²) in [7, 11) is 0. The topological polar surface area (TPSA) is 9.23 Å². The van der Waals surface area contributed by atoms with E-state index in [1.807, 2.05) is 18.2 Å². The fourth-order valence-electron chi connectivity index (χ4n) is 3.26. The molecule has 0 bridgehead atoms. The van der Waals surface area contributed by atoms with Crippen molar-refractivity contribution >= 4 is 0 Å². The summed E-state index contributed by atoms with van der Waals surface area (Å²) < 4.78 is 5.86. The van der Waals surface area contributed by atoms with Crippen LogP contribution in [0, 0.1) is 0 Å². The van der Waals surface area contributed by atoms with E-state index >= 15 is 0 Å². The smallest absolute Gasteiger partial charge is 0.119 e. The second kappa shape index (κ2) is 8.71. The van der Waals surface area contributed by atoms with Gasteiger partial charge in [-0.15, -0.1) is 0 Å². The largest absolute Gasteiger partial charge is 0.489 e. The Morgan fingerprint density at radius 2 is 1.31 bits per heavy atom. The molecular weight excluding hydrogens is 316 g/mol. The summed E-state index contributed by atoms with van der Waals surface area (Å²) in [6.45, 7) is 5.29. The maximum Gasteiger partial charge on any atom is 0.119 e. The molecule has 3 rings (SSSR count). The lowest BCUT2D eigenvalue weighted by molar-refractivity contribution is 0.306. The van der Waals surface area contributed by atoms with Crippen molar-refractivity contribution in [3.63, 3.8) is 0 Å². The highest BCUT2D eigenvalue weighted by Crippen LogP contribution is 2.29. The summed E-state index contributed by atoms with van der Waals surface area (Å²) >= 11 is 0. The quantitative estimate of drug-likeness (QED) is 0.449. The minimum absolute atomic E-state index is 0.222. The Bertz CT molecular complexity index is 773. The Morgan fingerprint density at radius 3 is 1.96 bits per heavy atom. The van der Waals surface area contributed by atoms with E-state index in [0.717, 1.165) is 12.2 Å². The summed E-state index contributed by atoms with van der Waals surface area (Å²) in [5.41, 5.74) is 4.21. The van der Waals surface area contributed by atoms with Gasteiger partial charge in [0.2, 0.25) is 0 Å². The first-order valence-corrected chi connectivity index (χ1v) is 9.45.